The van der Waals surface area contributed by atoms with Crippen molar-refractivity contribution < 1.29 is 0 Å². The van der Waals surface area contributed by atoms with Crippen LogP contribution in [0.25, 0.3) is 28.1 Å². The van der Waals surface area contributed by atoms with Crippen molar-refractivity contribution in [3.8, 4) is 17.1 Å². The van der Waals surface area contributed by atoms with Crippen LogP contribution >= 0.6 is 15.9 Å². The van der Waals surface area contributed by atoms with Crippen LogP contribution in [-0.4, -0.2) is 9.55 Å². The van der Waals surface area contributed by atoms with Crippen molar-refractivity contribution in [2.75, 3.05) is 9.80 Å². The molecule has 1 aliphatic carbocycles. The number of hydrogen-bond donors (Lipinski definition) is 0. The summed E-state index contributed by atoms with van der Waals surface area (Å²) in [5.74, 6) is 0.958. The largest absolute Gasteiger partial charge is 0.310 e. The molecular formula is C57H57BrN4. The maximum absolute atomic E-state index is 5.70. The van der Waals surface area contributed by atoms with Crippen LogP contribution in [0.2, 0.25) is 0 Å². The molecular weight excluding hydrogens is 821 g/mol. The lowest BCUT2D eigenvalue weighted by atomic mass is 9.86. The number of hydrogen-bond acceptors (Lipinski definition) is 3. The maximum Gasteiger partial charge on any atom is 0.146 e. The van der Waals surface area contributed by atoms with Gasteiger partial charge in [-0.15, -0.1) is 0 Å². The van der Waals surface area contributed by atoms with Crippen molar-refractivity contribution in [2.24, 2.45) is 0 Å². The van der Waals surface area contributed by atoms with Crippen LogP contribution in [0.4, 0.5) is 34.1 Å². The fourth-order valence-corrected chi connectivity index (χ4v) is 9.82. The average Bonchev–Trinajstić information content (AvgIpc) is 3.64. The molecule has 0 spiro atoms. The van der Waals surface area contributed by atoms with E-state index < -0.39 is 0 Å². The molecule has 7 aromatic carbocycles. The molecule has 0 amide bonds. The van der Waals surface area contributed by atoms with Gasteiger partial charge in [-0.2, -0.15) is 0 Å². The average molecular weight is 878 g/mol. The molecule has 1 aliphatic rings. The van der Waals surface area contributed by atoms with Gasteiger partial charge >= 0.3 is 0 Å². The Labute approximate surface area is 377 Å². The Morgan fingerprint density at radius 3 is 1.58 bits per heavy atom. The Bertz CT molecular complexity index is 2760. The van der Waals surface area contributed by atoms with E-state index in [1.54, 1.807) is 0 Å². The Morgan fingerprint density at radius 2 is 1.05 bits per heavy atom. The summed E-state index contributed by atoms with van der Waals surface area (Å²) in [7, 11) is 0. The molecule has 62 heavy (non-hydrogen) atoms. The molecule has 9 rings (SSSR count). The third kappa shape index (κ3) is 7.77. The van der Waals surface area contributed by atoms with Gasteiger partial charge in [0.2, 0.25) is 0 Å². The van der Waals surface area contributed by atoms with E-state index in [-0.39, 0.29) is 10.8 Å². The second kappa shape index (κ2) is 16.4. The van der Waals surface area contributed by atoms with Gasteiger partial charge < -0.3 is 9.80 Å². The molecule has 0 atom stereocenters. The molecule has 0 bridgehead atoms. The highest BCUT2D eigenvalue weighted by atomic mass is 79.9. The van der Waals surface area contributed by atoms with Crippen LogP contribution in [0, 0.1) is 13.8 Å². The van der Waals surface area contributed by atoms with Gasteiger partial charge in [-0.05, 0) is 166 Å². The predicted octanol–water partition coefficient (Wildman–Crippen LogP) is 16.5. The van der Waals surface area contributed by atoms with Crippen LogP contribution in [0.1, 0.15) is 87.8 Å². The lowest BCUT2D eigenvalue weighted by Crippen LogP contribution is -2.17. The van der Waals surface area contributed by atoms with Crippen LogP contribution in [-0.2, 0) is 23.7 Å². The summed E-state index contributed by atoms with van der Waals surface area (Å²) in [4.78, 5) is 10.5. The third-order valence-corrected chi connectivity index (χ3v) is 13.4. The van der Waals surface area contributed by atoms with E-state index >= 15 is 0 Å². The molecule has 0 saturated carbocycles. The van der Waals surface area contributed by atoms with Crippen molar-refractivity contribution >= 4 is 61.1 Å². The van der Waals surface area contributed by atoms with E-state index in [0.717, 1.165) is 74.0 Å². The van der Waals surface area contributed by atoms with Gasteiger partial charge in [0.1, 0.15) is 5.82 Å². The lowest BCUT2D eigenvalue weighted by Gasteiger charge is -2.32. The Kier molecular flexibility index (Phi) is 11.0. The van der Waals surface area contributed by atoms with E-state index in [1.165, 1.54) is 51.8 Å². The molecule has 0 unspecified atom stereocenters. The standard InChI is InChI=1S/C57H57BrN4/c1-38-18-17-19-39(2)52(38)55-59-54-48-25-16-15-20-40(48)26-35-49(54)62(55)51-37-47(60(43-21-11-9-12-22-43)44-23-13-10-14-24-44)36-50(53(51)58)61(45-31-27-41(28-32-45)56(3,4)5)46-33-29-42(30-34-46)57(6,7)8/h9-14,17-19,21-24,26-37H,15-16,20,25H2,1-8H3. The van der Waals surface area contributed by atoms with Gasteiger partial charge in [0.05, 0.1) is 32.6 Å². The van der Waals surface area contributed by atoms with Crippen molar-refractivity contribution in [1.29, 1.82) is 0 Å². The number of anilines is 6. The van der Waals surface area contributed by atoms with Crippen LogP contribution < -0.4 is 9.80 Å². The van der Waals surface area contributed by atoms with Gasteiger partial charge in [0.25, 0.3) is 0 Å². The summed E-state index contributed by atoms with van der Waals surface area (Å²) < 4.78 is 3.42. The van der Waals surface area contributed by atoms with Gasteiger partial charge in [0.15, 0.2) is 0 Å². The van der Waals surface area contributed by atoms with E-state index in [0.29, 0.717) is 0 Å². The van der Waals surface area contributed by atoms with E-state index in [2.05, 4.69) is 237 Å². The summed E-state index contributed by atoms with van der Waals surface area (Å²) in [5, 5.41) is 0. The number of halogens is 1. The van der Waals surface area contributed by atoms with Crippen LogP contribution in [0.3, 0.4) is 0 Å². The molecule has 0 N–H and O–H groups in total. The molecule has 1 aromatic heterocycles. The highest BCUT2D eigenvalue weighted by molar-refractivity contribution is 9.10. The fourth-order valence-electron chi connectivity index (χ4n) is 9.23. The predicted molar refractivity (Wildman–Crippen MR) is 267 cm³/mol. The maximum atomic E-state index is 5.70. The van der Waals surface area contributed by atoms with E-state index in [9.17, 15) is 0 Å². The third-order valence-electron chi connectivity index (χ3n) is 12.6. The van der Waals surface area contributed by atoms with Gasteiger partial charge in [-0.25, -0.2) is 4.98 Å². The zero-order chi connectivity index (χ0) is 43.3. The minimum Gasteiger partial charge on any atom is -0.310 e. The first-order valence-corrected chi connectivity index (χ1v) is 22.9. The molecule has 5 heteroatoms. The minimum atomic E-state index is 0.0169. The first-order chi connectivity index (χ1) is 29.8. The summed E-state index contributed by atoms with van der Waals surface area (Å²) in [6, 6.07) is 55.7. The summed E-state index contributed by atoms with van der Waals surface area (Å²) >= 11 is 4.38. The number of para-hydroxylation sites is 2. The molecule has 1 heterocycles. The van der Waals surface area contributed by atoms with Gasteiger partial charge in [-0.1, -0.05) is 126 Å². The number of imidazole rings is 1. The van der Waals surface area contributed by atoms with E-state index in [4.69, 9.17) is 4.98 Å². The zero-order valence-electron chi connectivity index (χ0n) is 37.4. The van der Waals surface area contributed by atoms with Gasteiger partial charge in [0, 0.05) is 28.3 Å². The molecule has 0 fully saturated rings. The van der Waals surface area contributed by atoms with Crippen LogP contribution in [0.5, 0.6) is 0 Å². The highest BCUT2D eigenvalue weighted by Gasteiger charge is 2.28. The second-order valence-corrected chi connectivity index (χ2v) is 19.8. The fraction of sp³-hybridized carbons (Fsp3) is 0.246. The first-order valence-electron chi connectivity index (χ1n) is 22.1. The van der Waals surface area contributed by atoms with E-state index in [1.807, 2.05) is 0 Å². The van der Waals surface area contributed by atoms with Crippen molar-refractivity contribution in [3.63, 3.8) is 0 Å². The minimum absolute atomic E-state index is 0.0169. The number of fused-ring (bicyclic) bond motifs is 3. The molecule has 4 nitrogen and oxygen atoms in total. The molecule has 0 aliphatic heterocycles. The molecule has 0 saturated heterocycles. The lowest BCUT2D eigenvalue weighted by molar-refractivity contribution is 0.590. The normalized spacial score (nSPS) is 13.0. The number of benzene rings is 7. The number of aromatic nitrogens is 2. The molecule has 0 radical (unpaired) electrons. The zero-order valence-corrected chi connectivity index (χ0v) is 39.0. The van der Waals surface area contributed by atoms with Crippen LogP contribution in [0.15, 0.2) is 156 Å². The topological polar surface area (TPSA) is 24.3 Å². The molecule has 312 valence electrons. The van der Waals surface area contributed by atoms with Crippen molar-refractivity contribution in [3.05, 3.63) is 190 Å². The molecule has 8 aromatic rings. The Morgan fingerprint density at radius 1 is 0.532 bits per heavy atom. The van der Waals surface area contributed by atoms with Gasteiger partial charge in [-0.3, -0.25) is 4.57 Å². The number of nitrogens with zero attached hydrogens (tertiary/aromatic N) is 4. The summed E-state index contributed by atoms with van der Waals surface area (Å²) in [5.41, 5.74) is 18.6. The summed E-state index contributed by atoms with van der Waals surface area (Å²) in [6.45, 7) is 18.1. The second-order valence-electron chi connectivity index (χ2n) is 19.0. The quantitative estimate of drug-likeness (QED) is 0.152. The number of rotatable bonds is 8. The SMILES string of the molecule is Cc1cccc(C)c1-c1nc2c3c(ccc2n1-c1cc(N(c2ccccc2)c2ccccc2)cc(N(c2ccc(C(C)(C)C)cc2)c2ccc(C(C)(C)C)cc2)c1Br)CCCC3. The summed E-state index contributed by atoms with van der Waals surface area (Å²) in [6.07, 6.45) is 4.54. The Balaban J connectivity index is 1.41. The Hall–Kier alpha value is -5.91. The number of aryl methyl sites for hydroxylation is 4. The monoisotopic (exact) mass is 876 g/mol. The highest BCUT2D eigenvalue weighted by Crippen LogP contribution is 2.49. The smallest absolute Gasteiger partial charge is 0.146 e. The van der Waals surface area contributed by atoms with Crippen molar-refractivity contribution in [2.45, 2.75) is 91.9 Å². The van der Waals surface area contributed by atoms with Crippen molar-refractivity contribution in [1.82, 2.24) is 9.55 Å². The first kappa shape index (κ1) is 41.4.